The minimum atomic E-state index is -0.322. The van der Waals surface area contributed by atoms with Crippen molar-refractivity contribution in [3.63, 3.8) is 0 Å². The predicted octanol–water partition coefficient (Wildman–Crippen LogP) is 1.69. The van der Waals surface area contributed by atoms with Gasteiger partial charge in [0.2, 0.25) is 0 Å². The molecule has 0 atom stereocenters. The molecule has 0 aromatic carbocycles. The minimum absolute atomic E-state index is 0.322. The number of esters is 1. The van der Waals surface area contributed by atoms with E-state index in [9.17, 15) is 4.79 Å². The Morgan fingerprint density at radius 1 is 1.50 bits per heavy atom. The van der Waals surface area contributed by atoms with E-state index in [0.717, 1.165) is 32.0 Å². The Kier molecular flexibility index (Phi) is 5.35. The smallest absolute Gasteiger partial charge is 0.341 e. The number of aromatic nitrogens is 1. The fourth-order valence-corrected chi connectivity index (χ4v) is 2.66. The molecule has 5 heteroatoms. The van der Waals surface area contributed by atoms with Gasteiger partial charge in [-0.25, -0.2) is 9.78 Å². The summed E-state index contributed by atoms with van der Waals surface area (Å²) in [6.45, 7) is 6.03. The molecule has 0 spiro atoms. The summed E-state index contributed by atoms with van der Waals surface area (Å²) in [6.07, 6.45) is 4.08. The summed E-state index contributed by atoms with van der Waals surface area (Å²) >= 11 is 0. The summed E-state index contributed by atoms with van der Waals surface area (Å²) in [4.78, 5) is 18.4. The van der Waals surface area contributed by atoms with Crippen molar-refractivity contribution in [1.82, 2.24) is 10.3 Å². The zero-order chi connectivity index (χ0) is 14.4. The first kappa shape index (κ1) is 14.8. The van der Waals surface area contributed by atoms with Gasteiger partial charge in [0, 0.05) is 19.3 Å². The lowest BCUT2D eigenvalue weighted by atomic mass is 9.97. The van der Waals surface area contributed by atoms with E-state index < -0.39 is 0 Å². The highest BCUT2D eigenvalue weighted by atomic mass is 16.5. The van der Waals surface area contributed by atoms with Gasteiger partial charge in [-0.2, -0.15) is 0 Å². The van der Waals surface area contributed by atoms with Gasteiger partial charge < -0.3 is 15.0 Å². The van der Waals surface area contributed by atoms with Gasteiger partial charge in [-0.1, -0.05) is 0 Å². The van der Waals surface area contributed by atoms with Gasteiger partial charge >= 0.3 is 5.97 Å². The topological polar surface area (TPSA) is 54.5 Å². The molecule has 0 saturated carbocycles. The molecular formula is C15H23N3O2. The lowest BCUT2D eigenvalue weighted by Gasteiger charge is -2.30. The van der Waals surface area contributed by atoms with Crippen LogP contribution >= 0.6 is 0 Å². The van der Waals surface area contributed by atoms with E-state index in [4.69, 9.17) is 4.74 Å². The second-order valence-electron chi connectivity index (χ2n) is 5.10. The molecule has 0 unspecified atom stereocenters. The SMILES string of the molecule is CCN(CC1CCNCC1)c1ncccc1C(=O)OC. The largest absolute Gasteiger partial charge is 0.465 e. The number of anilines is 1. The van der Waals surface area contributed by atoms with Crippen LogP contribution in [0.2, 0.25) is 0 Å². The van der Waals surface area contributed by atoms with Gasteiger partial charge in [0.15, 0.2) is 0 Å². The van der Waals surface area contributed by atoms with Gasteiger partial charge in [0.05, 0.1) is 7.11 Å². The van der Waals surface area contributed by atoms with Crippen molar-refractivity contribution in [2.24, 2.45) is 5.92 Å². The van der Waals surface area contributed by atoms with Crippen molar-refractivity contribution in [3.8, 4) is 0 Å². The molecule has 1 aliphatic rings. The third-order valence-corrected chi connectivity index (χ3v) is 3.81. The van der Waals surface area contributed by atoms with Gasteiger partial charge in [0.1, 0.15) is 11.4 Å². The van der Waals surface area contributed by atoms with Crippen LogP contribution < -0.4 is 10.2 Å². The number of methoxy groups -OCH3 is 1. The molecule has 2 heterocycles. The molecule has 0 amide bonds. The third-order valence-electron chi connectivity index (χ3n) is 3.81. The summed E-state index contributed by atoms with van der Waals surface area (Å²) < 4.78 is 4.85. The maximum absolute atomic E-state index is 11.8. The number of carbonyl (C=O) groups excluding carboxylic acids is 1. The van der Waals surface area contributed by atoms with E-state index >= 15 is 0 Å². The zero-order valence-electron chi connectivity index (χ0n) is 12.3. The first-order valence-electron chi connectivity index (χ1n) is 7.25. The van der Waals surface area contributed by atoms with Crippen molar-refractivity contribution < 1.29 is 9.53 Å². The molecule has 1 fully saturated rings. The summed E-state index contributed by atoms with van der Waals surface area (Å²) in [5.74, 6) is 1.07. The van der Waals surface area contributed by atoms with Crippen molar-refractivity contribution in [2.45, 2.75) is 19.8 Å². The molecule has 1 aliphatic heterocycles. The number of piperidine rings is 1. The number of hydrogen-bond donors (Lipinski definition) is 1. The molecule has 0 radical (unpaired) electrons. The molecule has 1 N–H and O–H groups in total. The molecular weight excluding hydrogens is 254 g/mol. The van der Waals surface area contributed by atoms with Crippen molar-refractivity contribution in [1.29, 1.82) is 0 Å². The maximum Gasteiger partial charge on any atom is 0.341 e. The van der Waals surface area contributed by atoms with Crippen molar-refractivity contribution in [3.05, 3.63) is 23.9 Å². The second kappa shape index (κ2) is 7.24. The lowest BCUT2D eigenvalue weighted by Crippen LogP contribution is -2.37. The first-order valence-corrected chi connectivity index (χ1v) is 7.25. The Morgan fingerprint density at radius 3 is 2.90 bits per heavy atom. The molecule has 20 heavy (non-hydrogen) atoms. The van der Waals surface area contributed by atoms with Gasteiger partial charge in [-0.15, -0.1) is 0 Å². The van der Waals surface area contributed by atoms with E-state index in [0.29, 0.717) is 11.5 Å². The van der Waals surface area contributed by atoms with E-state index in [1.165, 1.54) is 20.0 Å². The first-order chi connectivity index (χ1) is 9.76. The summed E-state index contributed by atoms with van der Waals surface area (Å²) in [6, 6.07) is 3.55. The average Bonchev–Trinajstić information content (AvgIpc) is 2.53. The average molecular weight is 277 g/mol. The van der Waals surface area contributed by atoms with Crippen LogP contribution in [0.25, 0.3) is 0 Å². The zero-order valence-corrected chi connectivity index (χ0v) is 12.3. The molecule has 110 valence electrons. The van der Waals surface area contributed by atoms with E-state index in [-0.39, 0.29) is 5.97 Å². The highest BCUT2D eigenvalue weighted by molar-refractivity contribution is 5.94. The molecule has 0 bridgehead atoms. The van der Waals surface area contributed by atoms with Crippen LogP contribution in [0.4, 0.5) is 5.82 Å². The highest BCUT2D eigenvalue weighted by Gasteiger charge is 2.21. The van der Waals surface area contributed by atoms with Crippen LogP contribution in [-0.4, -0.2) is 44.2 Å². The fourth-order valence-electron chi connectivity index (χ4n) is 2.66. The van der Waals surface area contributed by atoms with Crippen LogP contribution in [0.3, 0.4) is 0 Å². The van der Waals surface area contributed by atoms with E-state index in [2.05, 4.69) is 22.1 Å². The predicted molar refractivity (Wildman–Crippen MR) is 79.1 cm³/mol. The number of nitrogens with one attached hydrogen (secondary N) is 1. The normalized spacial score (nSPS) is 15.9. The van der Waals surface area contributed by atoms with E-state index in [1.54, 1.807) is 18.3 Å². The quantitative estimate of drug-likeness (QED) is 0.830. The number of hydrogen-bond acceptors (Lipinski definition) is 5. The maximum atomic E-state index is 11.8. The Morgan fingerprint density at radius 2 is 2.25 bits per heavy atom. The highest BCUT2D eigenvalue weighted by Crippen LogP contribution is 2.21. The third kappa shape index (κ3) is 3.48. The van der Waals surface area contributed by atoms with Crippen LogP contribution in [0, 0.1) is 5.92 Å². The Labute approximate surface area is 120 Å². The van der Waals surface area contributed by atoms with Gasteiger partial charge in [-0.05, 0) is 50.9 Å². The Hall–Kier alpha value is -1.62. The molecule has 0 aliphatic carbocycles. The van der Waals surface area contributed by atoms with Crippen molar-refractivity contribution in [2.75, 3.05) is 38.2 Å². The molecule has 1 aromatic heterocycles. The standard InChI is InChI=1S/C15H23N3O2/c1-3-18(11-12-6-9-16-10-7-12)14-13(15(19)20-2)5-4-8-17-14/h4-5,8,12,16H,3,6-7,9-11H2,1-2H3. The summed E-state index contributed by atoms with van der Waals surface area (Å²) in [7, 11) is 1.40. The number of carbonyl (C=O) groups is 1. The van der Waals surface area contributed by atoms with Gasteiger partial charge in [-0.3, -0.25) is 0 Å². The Balaban J connectivity index is 2.16. The number of ether oxygens (including phenoxy) is 1. The molecule has 5 nitrogen and oxygen atoms in total. The van der Waals surface area contributed by atoms with Crippen LogP contribution in [0.15, 0.2) is 18.3 Å². The van der Waals surface area contributed by atoms with Crippen LogP contribution in [0.1, 0.15) is 30.1 Å². The second-order valence-corrected chi connectivity index (χ2v) is 5.10. The minimum Gasteiger partial charge on any atom is -0.465 e. The molecule has 1 aromatic rings. The number of rotatable bonds is 5. The van der Waals surface area contributed by atoms with Gasteiger partial charge in [0.25, 0.3) is 0 Å². The van der Waals surface area contributed by atoms with Crippen LogP contribution in [0.5, 0.6) is 0 Å². The van der Waals surface area contributed by atoms with E-state index in [1.807, 2.05) is 0 Å². The number of pyridine rings is 1. The molecule has 1 saturated heterocycles. The number of nitrogens with zero attached hydrogens (tertiary/aromatic N) is 2. The molecule has 2 rings (SSSR count). The fraction of sp³-hybridized carbons (Fsp3) is 0.600. The van der Waals surface area contributed by atoms with Crippen LogP contribution in [-0.2, 0) is 4.74 Å². The lowest BCUT2D eigenvalue weighted by molar-refractivity contribution is 0.0601. The summed E-state index contributed by atoms with van der Waals surface area (Å²) in [5.41, 5.74) is 0.547. The monoisotopic (exact) mass is 277 g/mol. The summed E-state index contributed by atoms with van der Waals surface area (Å²) in [5, 5.41) is 3.38. The van der Waals surface area contributed by atoms with Crippen molar-refractivity contribution >= 4 is 11.8 Å². The Bertz CT molecular complexity index is 444.